The molecule has 4 heteroatoms. The standard InChI is InChI=1S/C21H18BrNO2/c1-4-10-25-21-13-19(22)17(12-20(21)24-5-2)11-18(14-23)16-8-6-15(3)7-9-16/h1,6-9,11-13H,5,10H2,2-3H3/b18-11-. The number of nitrogens with zero attached hydrogens (tertiary/aromatic N) is 1. The number of aryl methyl sites for hydroxylation is 1. The number of allylic oxidation sites excluding steroid dienone is 1. The van der Waals surface area contributed by atoms with E-state index in [1.165, 1.54) is 0 Å². The molecule has 0 fully saturated rings. The van der Waals surface area contributed by atoms with E-state index in [-0.39, 0.29) is 6.61 Å². The van der Waals surface area contributed by atoms with Gasteiger partial charge in [0.2, 0.25) is 0 Å². The van der Waals surface area contributed by atoms with Gasteiger partial charge in [-0.2, -0.15) is 5.26 Å². The lowest BCUT2D eigenvalue weighted by molar-refractivity contribution is 0.299. The van der Waals surface area contributed by atoms with Crippen molar-refractivity contribution in [3.8, 4) is 29.9 Å². The van der Waals surface area contributed by atoms with Crippen LogP contribution in [0.25, 0.3) is 11.6 Å². The fraction of sp³-hybridized carbons (Fsp3) is 0.190. The minimum atomic E-state index is 0.161. The Balaban J connectivity index is 2.46. The summed E-state index contributed by atoms with van der Waals surface area (Å²) in [5.41, 5.74) is 3.41. The molecule has 0 amide bonds. The van der Waals surface area contributed by atoms with Crippen molar-refractivity contribution < 1.29 is 9.47 Å². The summed E-state index contributed by atoms with van der Waals surface area (Å²) >= 11 is 3.52. The summed E-state index contributed by atoms with van der Waals surface area (Å²) in [7, 11) is 0. The summed E-state index contributed by atoms with van der Waals surface area (Å²) in [6, 6.07) is 13.7. The van der Waals surface area contributed by atoms with Gasteiger partial charge >= 0.3 is 0 Å². The second-order valence-electron chi connectivity index (χ2n) is 5.28. The second kappa shape index (κ2) is 8.97. The number of halogens is 1. The van der Waals surface area contributed by atoms with E-state index in [9.17, 15) is 5.26 Å². The Morgan fingerprint density at radius 3 is 2.48 bits per heavy atom. The molecule has 0 bridgehead atoms. The number of benzene rings is 2. The van der Waals surface area contributed by atoms with Crippen LogP contribution in [0.15, 0.2) is 40.9 Å². The van der Waals surface area contributed by atoms with Gasteiger partial charge in [0.05, 0.1) is 18.2 Å². The number of rotatable bonds is 6. The molecule has 0 saturated carbocycles. The van der Waals surface area contributed by atoms with Crippen molar-refractivity contribution in [2.24, 2.45) is 0 Å². The minimum Gasteiger partial charge on any atom is -0.490 e. The van der Waals surface area contributed by atoms with Crippen molar-refractivity contribution >= 4 is 27.6 Å². The average Bonchev–Trinajstić information content (AvgIpc) is 2.61. The van der Waals surface area contributed by atoms with Gasteiger partial charge in [-0.05, 0) is 43.2 Å². The monoisotopic (exact) mass is 395 g/mol. The van der Waals surface area contributed by atoms with Gasteiger partial charge in [-0.15, -0.1) is 6.42 Å². The first kappa shape index (κ1) is 18.6. The SMILES string of the molecule is C#CCOc1cc(Br)c(/C=C(/C#N)c2ccc(C)cc2)cc1OCC. The smallest absolute Gasteiger partial charge is 0.163 e. The largest absolute Gasteiger partial charge is 0.490 e. The zero-order valence-corrected chi connectivity index (χ0v) is 15.8. The number of hydrogen-bond acceptors (Lipinski definition) is 3. The first-order chi connectivity index (χ1) is 12.1. The number of hydrogen-bond donors (Lipinski definition) is 0. The van der Waals surface area contributed by atoms with Crippen LogP contribution in [0.1, 0.15) is 23.6 Å². The number of ether oxygens (including phenoxy) is 2. The number of terminal acetylenes is 1. The van der Waals surface area contributed by atoms with Crippen molar-refractivity contribution in [2.75, 3.05) is 13.2 Å². The van der Waals surface area contributed by atoms with Crippen LogP contribution in [0, 0.1) is 30.6 Å². The molecule has 0 unspecified atom stereocenters. The Kier molecular flexibility index (Phi) is 6.69. The Bertz CT molecular complexity index is 855. The van der Waals surface area contributed by atoms with E-state index < -0.39 is 0 Å². The van der Waals surface area contributed by atoms with Crippen molar-refractivity contribution in [1.29, 1.82) is 5.26 Å². The highest BCUT2D eigenvalue weighted by Crippen LogP contribution is 2.35. The third kappa shape index (κ3) is 4.89. The molecule has 0 saturated heterocycles. The lowest BCUT2D eigenvalue weighted by Gasteiger charge is -2.13. The van der Waals surface area contributed by atoms with Crippen LogP contribution in [-0.4, -0.2) is 13.2 Å². The Morgan fingerprint density at radius 1 is 1.20 bits per heavy atom. The maximum Gasteiger partial charge on any atom is 0.163 e. The van der Waals surface area contributed by atoms with Crippen molar-refractivity contribution in [1.82, 2.24) is 0 Å². The first-order valence-corrected chi connectivity index (χ1v) is 8.59. The third-order valence-corrected chi connectivity index (χ3v) is 4.14. The molecular formula is C21H18BrNO2. The maximum absolute atomic E-state index is 9.53. The summed E-state index contributed by atoms with van der Waals surface area (Å²) in [6.45, 7) is 4.57. The van der Waals surface area contributed by atoms with E-state index in [2.05, 4.69) is 27.9 Å². The van der Waals surface area contributed by atoms with Gasteiger partial charge in [0.15, 0.2) is 11.5 Å². The molecule has 126 valence electrons. The highest BCUT2D eigenvalue weighted by molar-refractivity contribution is 9.10. The summed E-state index contributed by atoms with van der Waals surface area (Å²) in [5.74, 6) is 3.60. The average molecular weight is 396 g/mol. The number of nitriles is 1. The zero-order chi connectivity index (χ0) is 18.2. The van der Waals surface area contributed by atoms with E-state index in [0.717, 1.165) is 21.2 Å². The van der Waals surface area contributed by atoms with Crippen LogP contribution in [-0.2, 0) is 0 Å². The van der Waals surface area contributed by atoms with Crippen molar-refractivity contribution in [2.45, 2.75) is 13.8 Å². The summed E-state index contributed by atoms with van der Waals surface area (Å²) in [5, 5.41) is 9.53. The highest BCUT2D eigenvalue weighted by atomic mass is 79.9. The molecule has 3 nitrogen and oxygen atoms in total. The quantitative estimate of drug-likeness (QED) is 0.381. The molecule has 25 heavy (non-hydrogen) atoms. The van der Waals surface area contributed by atoms with Crippen LogP contribution in [0.3, 0.4) is 0 Å². The molecule has 0 aliphatic heterocycles. The van der Waals surface area contributed by atoms with Gasteiger partial charge in [-0.1, -0.05) is 51.7 Å². The molecule has 2 rings (SSSR count). The maximum atomic E-state index is 9.53. The van der Waals surface area contributed by atoms with Crippen LogP contribution in [0.2, 0.25) is 0 Å². The van der Waals surface area contributed by atoms with Gasteiger partial charge in [-0.25, -0.2) is 0 Å². The Labute approximate surface area is 157 Å². The zero-order valence-electron chi connectivity index (χ0n) is 14.2. The molecule has 0 radical (unpaired) electrons. The van der Waals surface area contributed by atoms with E-state index in [1.54, 1.807) is 6.07 Å². The molecule has 2 aromatic rings. The van der Waals surface area contributed by atoms with E-state index in [1.807, 2.05) is 50.3 Å². The van der Waals surface area contributed by atoms with Crippen LogP contribution < -0.4 is 9.47 Å². The third-order valence-electron chi connectivity index (χ3n) is 3.46. The lowest BCUT2D eigenvalue weighted by Crippen LogP contribution is -2.00. The molecule has 0 heterocycles. The van der Waals surface area contributed by atoms with E-state index in [0.29, 0.717) is 23.7 Å². The Hall–Kier alpha value is -2.69. The van der Waals surface area contributed by atoms with Crippen LogP contribution in [0.5, 0.6) is 11.5 Å². The summed E-state index contributed by atoms with van der Waals surface area (Å²) in [6.07, 6.45) is 7.08. The molecule has 0 aliphatic rings. The van der Waals surface area contributed by atoms with Crippen molar-refractivity contribution in [3.05, 3.63) is 57.6 Å². The van der Waals surface area contributed by atoms with E-state index >= 15 is 0 Å². The lowest BCUT2D eigenvalue weighted by atomic mass is 10.0. The molecule has 2 aromatic carbocycles. The first-order valence-electron chi connectivity index (χ1n) is 7.80. The normalized spacial score (nSPS) is 10.7. The minimum absolute atomic E-state index is 0.161. The topological polar surface area (TPSA) is 42.2 Å². The van der Waals surface area contributed by atoms with Gasteiger partial charge in [-0.3, -0.25) is 0 Å². The predicted octanol–water partition coefficient (Wildman–Crippen LogP) is 5.23. The fourth-order valence-corrected chi connectivity index (χ4v) is 2.67. The van der Waals surface area contributed by atoms with Gasteiger partial charge in [0.25, 0.3) is 0 Å². The molecular weight excluding hydrogens is 378 g/mol. The molecule has 0 aliphatic carbocycles. The summed E-state index contributed by atoms with van der Waals surface area (Å²) in [4.78, 5) is 0. The van der Waals surface area contributed by atoms with Crippen molar-refractivity contribution in [3.63, 3.8) is 0 Å². The molecule has 0 atom stereocenters. The van der Waals surface area contributed by atoms with Gasteiger partial charge in [0.1, 0.15) is 6.61 Å². The molecule has 0 aromatic heterocycles. The fourth-order valence-electron chi connectivity index (χ4n) is 2.23. The van der Waals surface area contributed by atoms with Gasteiger partial charge < -0.3 is 9.47 Å². The van der Waals surface area contributed by atoms with Crippen LogP contribution in [0.4, 0.5) is 0 Å². The molecule has 0 spiro atoms. The second-order valence-corrected chi connectivity index (χ2v) is 6.14. The van der Waals surface area contributed by atoms with Crippen LogP contribution >= 0.6 is 15.9 Å². The molecule has 0 N–H and O–H groups in total. The highest BCUT2D eigenvalue weighted by Gasteiger charge is 2.11. The van der Waals surface area contributed by atoms with Gasteiger partial charge in [0, 0.05) is 4.47 Å². The summed E-state index contributed by atoms with van der Waals surface area (Å²) < 4.78 is 12.0. The van der Waals surface area contributed by atoms with E-state index in [4.69, 9.17) is 15.9 Å². The Morgan fingerprint density at radius 2 is 1.88 bits per heavy atom. The predicted molar refractivity (Wildman–Crippen MR) is 104 cm³/mol.